The van der Waals surface area contributed by atoms with Gasteiger partial charge < -0.3 is 5.32 Å². The largest absolute Gasteiger partial charge is 0.317 e. The van der Waals surface area contributed by atoms with Crippen molar-refractivity contribution in [2.75, 3.05) is 17.5 Å². The van der Waals surface area contributed by atoms with Crippen molar-refractivity contribution in [2.45, 2.75) is 19.8 Å². The fourth-order valence-corrected chi connectivity index (χ4v) is 1.06. The number of unbranched alkanes of at least 4 members (excludes halogenated alkanes) is 1. The van der Waals surface area contributed by atoms with Crippen molar-refractivity contribution in [3.05, 3.63) is 0 Å². The van der Waals surface area contributed by atoms with Gasteiger partial charge >= 0.3 is 0 Å². The summed E-state index contributed by atoms with van der Waals surface area (Å²) in [7, 11) is 0. The van der Waals surface area contributed by atoms with Crippen molar-refractivity contribution in [1.82, 2.24) is 5.32 Å². The molecular formula is C6H14IN. The number of alkyl halides is 1. The minimum absolute atomic E-state index is 1.11. The lowest BCUT2D eigenvalue weighted by molar-refractivity contribution is 0.668. The molecule has 0 radical (unpaired) electrons. The summed E-state index contributed by atoms with van der Waals surface area (Å²) >= 11 is 2.41. The van der Waals surface area contributed by atoms with E-state index in [1.165, 1.54) is 23.8 Å². The lowest BCUT2D eigenvalue weighted by atomic mass is 10.3. The van der Waals surface area contributed by atoms with E-state index in [0.29, 0.717) is 0 Å². The van der Waals surface area contributed by atoms with E-state index in [4.69, 9.17) is 0 Å². The van der Waals surface area contributed by atoms with Gasteiger partial charge in [0.2, 0.25) is 0 Å². The first-order valence-electron chi connectivity index (χ1n) is 3.18. The van der Waals surface area contributed by atoms with Crippen LogP contribution in [0.3, 0.4) is 0 Å². The predicted octanol–water partition coefficient (Wildman–Crippen LogP) is 1.81. The number of hydrogen-bond donors (Lipinski definition) is 1. The molecule has 0 heterocycles. The molecule has 1 nitrogen and oxygen atoms in total. The van der Waals surface area contributed by atoms with Crippen LogP contribution in [0.2, 0.25) is 0 Å². The molecule has 0 spiro atoms. The molecule has 0 saturated carbocycles. The molecule has 0 rings (SSSR count). The summed E-state index contributed by atoms with van der Waals surface area (Å²) in [5, 5.41) is 3.28. The van der Waals surface area contributed by atoms with Crippen molar-refractivity contribution >= 4 is 22.6 Å². The van der Waals surface area contributed by atoms with E-state index in [9.17, 15) is 0 Å². The number of hydrogen-bond acceptors (Lipinski definition) is 1. The van der Waals surface area contributed by atoms with Gasteiger partial charge in [0.25, 0.3) is 0 Å². The van der Waals surface area contributed by atoms with Gasteiger partial charge in [-0.2, -0.15) is 0 Å². The first-order valence-corrected chi connectivity index (χ1v) is 4.71. The van der Waals surface area contributed by atoms with Crippen LogP contribution in [0.25, 0.3) is 0 Å². The lowest BCUT2D eigenvalue weighted by Crippen LogP contribution is -2.13. The normalized spacial score (nSPS) is 9.75. The molecule has 0 aromatic carbocycles. The Bertz CT molecular complexity index is 33.5. The van der Waals surface area contributed by atoms with Crippen molar-refractivity contribution in [3.8, 4) is 0 Å². The molecule has 8 heavy (non-hydrogen) atoms. The predicted molar refractivity (Wildman–Crippen MR) is 46.7 cm³/mol. The summed E-state index contributed by atoms with van der Waals surface area (Å²) in [6, 6.07) is 0. The van der Waals surface area contributed by atoms with Gasteiger partial charge in [0.15, 0.2) is 0 Å². The Morgan fingerprint density at radius 1 is 1.38 bits per heavy atom. The highest BCUT2D eigenvalue weighted by Gasteiger charge is 1.82. The van der Waals surface area contributed by atoms with E-state index in [1.54, 1.807) is 0 Å². The molecule has 0 aliphatic carbocycles. The highest BCUT2D eigenvalue weighted by atomic mass is 127. The van der Waals surface area contributed by atoms with Crippen molar-refractivity contribution in [1.29, 1.82) is 0 Å². The zero-order valence-corrected chi connectivity index (χ0v) is 7.57. The van der Waals surface area contributed by atoms with Crippen LogP contribution in [0.1, 0.15) is 19.8 Å². The van der Waals surface area contributed by atoms with Gasteiger partial charge in [0.05, 0.1) is 0 Å². The molecule has 0 aromatic rings. The number of nitrogens with one attached hydrogen (secondary N) is 1. The van der Waals surface area contributed by atoms with Crippen molar-refractivity contribution in [2.24, 2.45) is 0 Å². The third-order valence-corrected chi connectivity index (χ3v) is 1.75. The molecule has 0 atom stereocenters. The fourth-order valence-electron chi connectivity index (χ4n) is 0.521. The van der Waals surface area contributed by atoms with Gasteiger partial charge in [0, 0.05) is 0 Å². The van der Waals surface area contributed by atoms with Gasteiger partial charge in [-0.3, -0.25) is 0 Å². The monoisotopic (exact) mass is 227 g/mol. The van der Waals surface area contributed by atoms with E-state index in [1.807, 2.05) is 0 Å². The Morgan fingerprint density at radius 2 is 2.12 bits per heavy atom. The van der Waals surface area contributed by atoms with Gasteiger partial charge in [-0.1, -0.05) is 29.5 Å². The fraction of sp³-hybridized carbons (Fsp3) is 1.00. The zero-order valence-electron chi connectivity index (χ0n) is 5.41. The first kappa shape index (κ1) is 8.69. The summed E-state index contributed by atoms with van der Waals surface area (Å²) < 4.78 is 1.29. The molecule has 0 bridgehead atoms. The van der Waals surface area contributed by atoms with Crippen LogP contribution >= 0.6 is 22.6 Å². The molecule has 0 aliphatic heterocycles. The van der Waals surface area contributed by atoms with Crippen LogP contribution in [-0.2, 0) is 0 Å². The highest BCUT2D eigenvalue weighted by Crippen LogP contribution is 1.91. The molecule has 2 heteroatoms. The minimum atomic E-state index is 1.11. The smallest absolute Gasteiger partial charge is 0.000426 e. The molecule has 0 aliphatic rings. The quantitative estimate of drug-likeness (QED) is 0.429. The van der Waals surface area contributed by atoms with E-state index >= 15 is 0 Å². The van der Waals surface area contributed by atoms with Gasteiger partial charge in [-0.25, -0.2) is 0 Å². The van der Waals surface area contributed by atoms with Crippen molar-refractivity contribution in [3.63, 3.8) is 0 Å². The van der Waals surface area contributed by atoms with E-state index in [2.05, 4.69) is 34.8 Å². The molecule has 50 valence electrons. The van der Waals surface area contributed by atoms with E-state index in [-0.39, 0.29) is 0 Å². The van der Waals surface area contributed by atoms with Crippen LogP contribution in [0.4, 0.5) is 0 Å². The second-order valence-corrected chi connectivity index (χ2v) is 2.83. The Kier molecular flexibility index (Phi) is 8.35. The Hall–Kier alpha value is 0.690. The Balaban J connectivity index is 2.53. The first-order chi connectivity index (χ1) is 3.91. The van der Waals surface area contributed by atoms with Crippen molar-refractivity contribution < 1.29 is 0 Å². The number of halogens is 1. The summed E-state index contributed by atoms with van der Waals surface area (Å²) in [6.07, 6.45) is 2.68. The third kappa shape index (κ3) is 6.69. The van der Waals surface area contributed by atoms with E-state index < -0.39 is 0 Å². The van der Waals surface area contributed by atoms with Gasteiger partial charge in [-0.15, -0.1) is 0 Å². The average molecular weight is 227 g/mol. The maximum absolute atomic E-state index is 3.28. The minimum Gasteiger partial charge on any atom is -0.317 e. The van der Waals surface area contributed by atoms with Crippen LogP contribution in [0.5, 0.6) is 0 Å². The zero-order chi connectivity index (χ0) is 6.24. The standard InChI is InChI=1S/C6H14IN/c1-2-8-6-4-3-5-7/h8H,2-6H2,1H3. The maximum atomic E-state index is 3.28. The summed E-state index contributed by atoms with van der Waals surface area (Å²) in [5.74, 6) is 0. The molecule has 0 aromatic heterocycles. The Labute approximate surface area is 65.4 Å². The summed E-state index contributed by atoms with van der Waals surface area (Å²) in [5.41, 5.74) is 0. The maximum Gasteiger partial charge on any atom is -0.000426 e. The van der Waals surface area contributed by atoms with Crippen LogP contribution in [0, 0.1) is 0 Å². The molecule has 0 fully saturated rings. The van der Waals surface area contributed by atoms with E-state index in [0.717, 1.165) is 6.54 Å². The topological polar surface area (TPSA) is 12.0 Å². The highest BCUT2D eigenvalue weighted by molar-refractivity contribution is 14.1. The third-order valence-electron chi connectivity index (χ3n) is 0.987. The molecule has 0 unspecified atom stereocenters. The average Bonchev–Trinajstić information content (AvgIpc) is 1.81. The molecular weight excluding hydrogens is 213 g/mol. The second kappa shape index (κ2) is 7.69. The van der Waals surface area contributed by atoms with Crippen LogP contribution < -0.4 is 5.32 Å². The van der Waals surface area contributed by atoms with Crippen LogP contribution in [-0.4, -0.2) is 17.5 Å². The Morgan fingerprint density at radius 3 is 2.62 bits per heavy atom. The lowest BCUT2D eigenvalue weighted by Gasteiger charge is -1.96. The number of rotatable bonds is 5. The van der Waals surface area contributed by atoms with Crippen LogP contribution in [0.15, 0.2) is 0 Å². The molecule has 0 amide bonds. The van der Waals surface area contributed by atoms with Gasteiger partial charge in [-0.05, 0) is 30.4 Å². The van der Waals surface area contributed by atoms with Gasteiger partial charge in [0.1, 0.15) is 0 Å². The summed E-state index contributed by atoms with van der Waals surface area (Å²) in [6.45, 7) is 4.45. The molecule has 1 N–H and O–H groups in total. The SMILES string of the molecule is CCNCCCCI. The second-order valence-electron chi connectivity index (χ2n) is 1.75. The summed E-state index contributed by atoms with van der Waals surface area (Å²) in [4.78, 5) is 0. The molecule has 0 saturated heterocycles.